The van der Waals surface area contributed by atoms with Crippen LogP contribution in [0.2, 0.25) is 0 Å². The lowest BCUT2D eigenvalue weighted by Gasteiger charge is -2.20. The van der Waals surface area contributed by atoms with Gasteiger partial charge in [0.2, 0.25) is 5.91 Å². The molecule has 1 saturated carbocycles. The predicted molar refractivity (Wildman–Crippen MR) is 102 cm³/mol. The average molecular weight is 351 g/mol. The maximum absolute atomic E-state index is 12.1. The molecule has 1 heterocycles. The fraction of sp³-hybridized carbons (Fsp3) is 0.381. The molecule has 1 aromatic heterocycles. The number of hydrogen-bond acceptors (Lipinski definition) is 3. The highest BCUT2D eigenvalue weighted by molar-refractivity contribution is 6.03. The number of rotatable bonds is 6. The Morgan fingerprint density at radius 3 is 2.50 bits per heavy atom. The molecule has 2 aromatic rings. The van der Waals surface area contributed by atoms with Gasteiger partial charge in [-0.3, -0.25) is 14.6 Å². The summed E-state index contributed by atoms with van der Waals surface area (Å²) in [5.41, 5.74) is 2.25. The molecule has 1 aliphatic carbocycles. The SMILES string of the molecule is O=C(CC1CCCCC1)NCc1ccc(NC(=O)c2cccnc2)cc1. The lowest BCUT2D eigenvalue weighted by molar-refractivity contribution is -0.122. The minimum absolute atomic E-state index is 0.130. The molecule has 26 heavy (non-hydrogen) atoms. The third kappa shape index (κ3) is 5.41. The van der Waals surface area contributed by atoms with Crippen LogP contribution in [0.5, 0.6) is 0 Å². The number of nitrogens with zero attached hydrogens (tertiary/aromatic N) is 1. The molecule has 1 fully saturated rings. The Balaban J connectivity index is 1.45. The molecule has 1 aromatic carbocycles. The van der Waals surface area contributed by atoms with Gasteiger partial charge in [-0.2, -0.15) is 0 Å². The molecule has 3 rings (SSSR count). The summed E-state index contributed by atoms with van der Waals surface area (Å²) in [6, 6.07) is 11.0. The number of carbonyl (C=O) groups is 2. The molecule has 1 aliphatic rings. The normalized spacial score (nSPS) is 14.6. The Bertz CT molecular complexity index is 723. The Hall–Kier alpha value is -2.69. The van der Waals surface area contributed by atoms with Crippen molar-refractivity contribution in [3.05, 3.63) is 59.9 Å². The molecule has 0 atom stereocenters. The minimum atomic E-state index is -0.188. The van der Waals surface area contributed by atoms with E-state index in [2.05, 4.69) is 15.6 Å². The fourth-order valence-corrected chi connectivity index (χ4v) is 3.33. The van der Waals surface area contributed by atoms with E-state index in [-0.39, 0.29) is 11.8 Å². The van der Waals surface area contributed by atoms with E-state index in [9.17, 15) is 9.59 Å². The van der Waals surface area contributed by atoms with Crippen molar-refractivity contribution in [1.29, 1.82) is 0 Å². The van der Waals surface area contributed by atoms with Crippen LogP contribution in [0.3, 0.4) is 0 Å². The van der Waals surface area contributed by atoms with Crippen LogP contribution in [-0.4, -0.2) is 16.8 Å². The first-order valence-corrected chi connectivity index (χ1v) is 9.28. The molecule has 5 nitrogen and oxygen atoms in total. The summed E-state index contributed by atoms with van der Waals surface area (Å²) >= 11 is 0. The van der Waals surface area contributed by atoms with Gasteiger partial charge in [-0.1, -0.05) is 31.4 Å². The van der Waals surface area contributed by atoms with Crippen molar-refractivity contribution in [2.45, 2.75) is 45.1 Å². The molecule has 0 spiro atoms. The highest BCUT2D eigenvalue weighted by Crippen LogP contribution is 2.26. The molecule has 136 valence electrons. The Labute approximate surface area is 154 Å². The van der Waals surface area contributed by atoms with Gasteiger partial charge in [-0.05, 0) is 48.6 Å². The summed E-state index contributed by atoms with van der Waals surface area (Å²) in [4.78, 5) is 28.1. The summed E-state index contributed by atoms with van der Waals surface area (Å²) in [5.74, 6) is 0.492. The molecule has 0 bridgehead atoms. The Morgan fingerprint density at radius 1 is 1.04 bits per heavy atom. The van der Waals surface area contributed by atoms with E-state index < -0.39 is 0 Å². The predicted octanol–water partition coefficient (Wildman–Crippen LogP) is 3.92. The second kappa shape index (κ2) is 9.13. The van der Waals surface area contributed by atoms with E-state index in [1.165, 1.54) is 38.3 Å². The zero-order valence-corrected chi connectivity index (χ0v) is 14.9. The summed E-state index contributed by atoms with van der Waals surface area (Å²) in [7, 11) is 0. The minimum Gasteiger partial charge on any atom is -0.352 e. The van der Waals surface area contributed by atoms with Gasteiger partial charge in [0, 0.05) is 31.0 Å². The Kier molecular flexibility index (Phi) is 6.36. The topological polar surface area (TPSA) is 71.1 Å². The summed E-state index contributed by atoms with van der Waals surface area (Å²) < 4.78 is 0. The highest BCUT2D eigenvalue weighted by atomic mass is 16.2. The first-order valence-electron chi connectivity index (χ1n) is 9.28. The highest BCUT2D eigenvalue weighted by Gasteiger charge is 2.16. The van der Waals surface area contributed by atoms with Crippen molar-refractivity contribution in [2.75, 3.05) is 5.32 Å². The zero-order valence-electron chi connectivity index (χ0n) is 14.9. The van der Waals surface area contributed by atoms with Crippen molar-refractivity contribution in [2.24, 2.45) is 5.92 Å². The van der Waals surface area contributed by atoms with E-state index in [1.807, 2.05) is 24.3 Å². The number of benzene rings is 1. The molecule has 5 heteroatoms. The van der Waals surface area contributed by atoms with Gasteiger partial charge in [0.15, 0.2) is 0 Å². The van der Waals surface area contributed by atoms with Crippen LogP contribution in [0.15, 0.2) is 48.8 Å². The lowest BCUT2D eigenvalue weighted by atomic mass is 9.87. The molecule has 2 N–H and O–H groups in total. The maximum Gasteiger partial charge on any atom is 0.257 e. The van der Waals surface area contributed by atoms with E-state index in [4.69, 9.17) is 0 Å². The second-order valence-electron chi connectivity index (χ2n) is 6.88. The molecule has 0 unspecified atom stereocenters. The first kappa shape index (κ1) is 18.1. The number of pyridine rings is 1. The van der Waals surface area contributed by atoms with Crippen LogP contribution in [-0.2, 0) is 11.3 Å². The fourth-order valence-electron chi connectivity index (χ4n) is 3.33. The van der Waals surface area contributed by atoms with Crippen molar-refractivity contribution in [3.8, 4) is 0 Å². The third-order valence-corrected chi connectivity index (χ3v) is 4.82. The standard InChI is InChI=1S/C21H25N3O2/c25-20(13-16-5-2-1-3-6-16)23-14-17-8-10-19(11-9-17)24-21(26)18-7-4-12-22-15-18/h4,7-12,15-16H,1-3,5-6,13-14H2,(H,23,25)(H,24,26). The van der Waals surface area contributed by atoms with E-state index in [1.54, 1.807) is 18.3 Å². The molecule has 0 saturated heterocycles. The second-order valence-corrected chi connectivity index (χ2v) is 6.88. The van der Waals surface area contributed by atoms with E-state index >= 15 is 0 Å². The van der Waals surface area contributed by atoms with Gasteiger partial charge >= 0.3 is 0 Å². The molecular formula is C21H25N3O2. The van der Waals surface area contributed by atoms with Crippen molar-refractivity contribution >= 4 is 17.5 Å². The molecule has 0 aliphatic heterocycles. The maximum atomic E-state index is 12.1. The van der Waals surface area contributed by atoms with Crippen LogP contribution >= 0.6 is 0 Å². The van der Waals surface area contributed by atoms with Crippen molar-refractivity contribution < 1.29 is 9.59 Å². The van der Waals surface area contributed by atoms with Gasteiger partial charge < -0.3 is 10.6 Å². The summed E-state index contributed by atoms with van der Waals surface area (Å²) in [5, 5.41) is 5.84. The average Bonchev–Trinajstić information content (AvgIpc) is 2.69. The number of anilines is 1. The van der Waals surface area contributed by atoms with Crippen LogP contribution in [0, 0.1) is 5.92 Å². The largest absolute Gasteiger partial charge is 0.352 e. The van der Waals surface area contributed by atoms with Gasteiger partial charge in [-0.15, -0.1) is 0 Å². The zero-order chi connectivity index (χ0) is 18.2. The molecular weight excluding hydrogens is 326 g/mol. The third-order valence-electron chi connectivity index (χ3n) is 4.82. The van der Waals surface area contributed by atoms with Crippen LogP contribution in [0.25, 0.3) is 0 Å². The van der Waals surface area contributed by atoms with Crippen LogP contribution in [0.1, 0.15) is 54.4 Å². The quantitative estimate of drug-likeness (QED) is 0.828. The monoisotopic (exact) mass is 351 g/mol. The number of carbonyl (C=O) groups excluding carboxylic acids is 2. The number of hydrogen-bond donors (Lipinski definition) is 2. The van der Waals surface area contributed by atoms with Gasteiger partial charge in [-0.25, -0.2) is 0 Å². The molecule has 2 amide bonds. The number of nitrogens with one attached hydrogen (secondary N) is 2. The van der Waals surface area contributed by atoms with Gasteiger partial charge in [0.05, 0.1) is 5.56 Å². The van der Waals surface area contributed by atoms with Crippen molar-refractivity contribution in [1.82, 2.24) is 10.3 Å². The van der Waals surface area contributed by atoms with E-state index in [0.29, 0.717) is 24.4 Å². The first-order chi connectivity index (χ1) is 12.7. The van der Waals surface area contributed by atoms with Crippen LogP contribution < -0.4 is 10.6 Å². The summed E-state index contributed by atoms with van der Waals surface area (Å²) in [6.07, 6.45) is 9.98. The molecule has 0 radical (unpaired) electrons. The van der Waals surface area contributed by atoms with Crippen LogP contribution in [0.4, 0.5) is 5.69 Å². The van der Waals surface area contributed by atoms with Crippen molar-refractivity contribution in [3.63, 3.8) is 0 Å². The number of amides is 2. The lowest BCUT2D eigenvalue weighted by Crippen LogP contribution is -2.25. The smallest absolute Gasteiger partial charge is 0.257 e. The van der Waals surface area contributed by atoms with Gasteiger partial charge in [0.1, 0.15) is 0 Å². The Morgan fingerprint density at radius 2 is 1.81 bits per heavy atom. The summed E-state index contributed by atoms with van der Waals surface area (Å²) in [6.45, 7) is 0.516. The van der Waals surface area contributed by atoms with E-state index in [0.717, 1.165) is 11.3 Å². The number of aromatic nitrogens is 1. The van der Waals surface area contributed by atoms with Gasteiger partial charge in [0.25, 0.3) is 5.91 Å².